The Morgan fingerprint density at radius 1 is 0.833 bits per heavy atom. The molecule has 4 nitrogen and oxygen atoms in total. The van der Waals surface area contributed by atoms with Crippen LogP contribution in [0.3, 0.4) is 0 Å². The summed E-state index contributed by atoms with van der Waals surface area (Å²) in [5, 5.41) is 5.93. The highest BCUT2D eigenvalue weighted by atomic mass is 15.3. The largest absolute Gasteiger partial charge is 0.343 e. The van der Waals surface area contributed by atoms with Gasteiger partial charge >= 0.3 is 0 Å². The lowest BCUT2D eigenvalue weighted by Crippen LogP contribution is -1.97. The Morgan fingerprint density at radius 2 is 1.50 bits per heavy atom. The molecule has 24 heavy (non-hydrogen) atoms. The first-order chi connectivity index (χ1) is 11.4. The first-order valence-corrected chi connectivity index (χ1v) is 8.30. The molecule has 0 saturated carbocycles. The third kappa shape index (κ3) is 1.99. The first-order valence-electron chi connectivity index (χ1n) is 8.30. The fourth-order valence-electron chi connectivity index (χ4n) is 3.88. The van der Waals surface area contributed by atoms with E-state index in [1.54, 1.807) is 0 Å². The van der Waals surface area contributed by atoms with Crippen molar-refractivity contribution in [3.8, 4) is 11.1 Å². The molecule has 3 heterocycles. The third-order valence-electron chi connectivity index (χ3n) is 4.77. The van der Waals surface area contributed by atoms with Gasteiger partial charge in [-0.1, -0.05) is 17.7 Å². The predicted octanol–water partition coefficient (Wildman–Crippen LogP) is 4.73. The number of aryl methyl sites for hydroxylation is 6. The maximum absolute atomic E-state index is 4.90. The van der Waals surface area contributed by atoms with Crippen LogP contribution in [0, 0.1) is 41.5 Å². The fraction of sp³-hybridized carbons (Fsp3) is 0.300. The zero-order valence-electron chi connectivity index (χ0n) is 15.1. The van der Waals surface area contributed by atoms with Crippen LogP contribution in [0.5, 0.6) is 0 Å². The van der Waals surface area contributed by atoms with E-state index >= 15 is 0 Å². The van der Waals surface area contributed by atoms with Crippen LogP contribution in [0.25, 0.3) is 27.8 Å². The first kappa shape index (κ1) is 14.9. The second kappa shape index (κ2) is 4.94. The molecule has 0 atom stereocenters. The van der Waals surface area contributed by atoms with Crippen molar-refractivity contribution in [1.82, 2.24) is 19.6 Å². The van der Waals surface area contributed by atoms with Crippen LogP contribution in [0.2, 0.25) is 0 Å². The molecule has 4 aromatic rings. The molecule has 0 aliphatic heterocycles. The van der Waals surface area contributed by atoms with Gasteiger partial charge in [-0.3, -0.25) is 0 Å². The van der Waals surface area contributed by atoms with E-state index in [-0.39, 0.29) is 0 Å². The SMILES string of the molecule is Cc1cc(C)c(-c2c(C)nn3c2nc(C)c2cc(C)[nH]c23)c(C)c1. The van der Waals surface area contributed by atoms with E-state index in [2.05, 4.69) is 64.7 Å². The van der Waals surface area contributed by atoms with E-state index in [1.807, 2.05) is 4.52 Å². The molecule has 0 fully saturated rings. The van der Waals surface area contributed by atoms with Crippen LogP contribution in [0.4, 0.5) is 0 Å². The van der Waals surface area contributed by atoms with Crippen molar-refractivity contribution < 1.29 is 0 Å². The molecule has 4 heteroatoms. The summed E-state index contributed by atoms with van der Waals surface area (Å²) >= 11 is 0. The van der Waals surface area contributed by atoms with Crippen molar-refractivity contribution >= 4 is 16.7 Å². The highest BCUT2D eigenvalue weighted by Crippen LogP contribution is 2.35. The summed E-state index contributed by atoms with van der Waals surface area (Å²) in [6.07, 6.45) is 0. The molecule has 0 aliphatic carbocycles. The zero-order valence-corrected chi connectivity index (χ0v) is 15.1. The number of benzene rings is 1. The number of fused-ring (bicyclic) bond motifs is 3. The lowest BCUT2D eigenvalue weighted by atomic mass is 9.94. The van der Waals surface area contributed by atoms with Gasteiger partial charge in [0.2, 0.25) is 0 Å². The monoisotopic (exact) mass is 318 g/mol. The average Bonchev–Trinajstić information content (AvgIpc) is 3.00. The Balaban J connectivity index is 2.16. The molecule has 0 unspecified atom stereocenters. The van der Waals surface area contributed by atoms with Gasteiger partial charge in [0.1, 0.15) is 5.65 Å². The van der Waals surface area contributed by atoms with Crippen molar-refractivity contribution in [2.45, 2.75) is 41.5 Å². The summed E-state index contributed by atoms with van der Waals surface area (Å²) in [5.41, 5.74) is 11.3. The van der Waals surface area contributed by atoms with Gasteiger partial charge < -0.3 is 4.98 Å². The van der Waals surface area contributed by atoms with E-state index in [0.29, 0.717) is 0 Å². The van der Waals surface area contributed by atoms with Gasteiger partial charge in [-0.15, -0.1) is 0 Å². The summed E-state index contributed by atoms with van der Waals surface area (Å²) in [7, 11) is 0. The number of hydrogen-bond donors (Lipinski definition) is 1. The van der Waals surface area contributed by atoms with E-state index in [1.165, 1.54) is 22.3 Å². The van der Waals surface area contributed by atoms with Crippen LogP contribution >= 0.6 is 0 Å². The Kier molecular flexibility index (Phi) is 3.07. The second-order valence-electron chi connectivity index (χ2n) is 6.88. The number of nitrogens with zero attached hydrogens (tertiary/aromatic N) is 3. The fourth-order valence-corrected chi connectivity index (χ4v) is 3.88. The molecule has 0 amide bonds. The van der Waals surface area contributed by atoms with E-state index < -0.39 is 0 Å². The van der Waals surface area contributed by atoms with Gasteiger partial charge in [-0.2, -0.15) is 9.61 Å². The maximum atomic E-state index is 4.90. The van der Waals surface area contributed by atoms with Crippen molar-refractivity contribution in [1.29, 1.82) is 0 Å². The smallest absolute Gasteiger partial charge is 0.165 e. The molecule has 1 N–H and O–H groups in total. The molecule has 1 aromatic carbocycles. The summed E-state index contributed by atoms with van der Waals surface area (Å²) in [4.78, 5) is 8.33. The lowest BCUT2D eigenvalue weighted by Gasteiger charge is -2.11. The van der Waals surface area contributed by atoms with Gasteiger partial charge in [-0.25, -0.2) is 4.98 Å². The van der Waals surface area contributed by atoms with Crippen molar-refractivity contribution in [2.24, 2.45) is 0 Å². The number of aromatic amines is 1. The summed E-state index contributed by atoms with van der Waals surface area (Å²) in [5.74, 6) is 0. The van der Waals surface area contributed by atoms with Crippen LogP contribution in [-0.2, 0) is 0 Å². The molecule has 0 radical (unpaired) electrons. The van der Waals surface area contributed by atoms with E-state index in [9.17, 15) is 0 Å². The van der Waals surface area contributed by atoms with E-state index in [4.69, 9.17) is 10.1 Å². The molecular weight excluding hydrogens is 296 g/mol. The van der Waals surface area contributed by atoms with Gasteiger partial charge in [0.05, 0.1) is 17.0 Å². The van der Waals surface area contributed by atoms with Crippen molar-refractivity contribution in [2.75, 3.05) is 0 Å². The molecule has 3 aromatic heterocycles. The lowest BCUT2D eigenvalue weighted by molar-refractivity contribution is 0.936. The molecule has 0 aliphatic rings. The minimum absolute atomic E-state index is 0.925. The topological polar surface area (TPSA) is 46.0 Å². The van der Waals surface area contributed by atoms with Gasteiger partial charge in [0.15, 0.2) is 5.65 Å². The summed E-state index contributed by atoms with van der Waals surface area (Å²) < 4.78 is 1.96. The number of rotatable bonds is 1. The van der Waals surface area contributed by atoms with Crippen LogP contribution < -0.4 is 0 Å². The summed E-state index contributed by atoms with van der Waals surface area (Å²) in [6.45, 7) is 12.7. The molecule has 0 bridgehead atoms. The highest BCUT2D eigenvalue weighted by Gasteiger charge is 2.20. The molecule has 122 valence electrons. The van der Waals surface area contributed by atoms with E-state index in [0.717, 1.165) is 39.3 Å². The van der Waals surface area contributed by atoms with Gasteiger partial charge in [0, 0.05) is 11.1 Å². The minimum Gasteiger partial charge on any atom is -0.343 e. The van der Waals surface area contributed by atoms with Gasteiger partial charge in [0.25, 0.3) is 0 Å². The minimum atomic E-state index is 0.925. The molecule has 0 saturated heterocycles. The standard InChI is InChI=1S/C20H22N4/c1-10-7-11(2)17(12(3)8-10)18-15(6)23-24-19-16(9-13(4)21-19)14(5)22-20(18)24/h7-9,21H,1-6H3. The van der Waals surface area contributed by atoms with Crippen LogP contribution in [-0.4, -0.2) is 19.6 Å². The van der Waals surface area contributed by atoms with Crippen LogP contribution in [0.15, 0.2) is 18.2 Å². The second-order valence-corrected chi connectivity index (χ2v) is 6.88. The average molecular weight is 318 g/mol. The third-order valence-corrected chi connectivity index (χ3v) is 4.77. The highest BCUT2D eigenvalue weighted by molar-refractivity contribution is 5.89. The summed E-state index contributed by atoms with van der Waals surface area (Å²) in [6, 6.07) is 6.60. The Hall–Kier alpha value is -2.62. The molecule has 0 spiro atoms. The van der Waals surface area contributed by atoms with Gasteiger partial charge in [-0.05, 0) is 64.3 Å². The Bertz CT molecular complexity index is 1090. The number of H-pyrrole nitrogens is 1. The molecular formula is C20H22N4. The van der Waals surface area contributed by atoms with Crippen molar-refractivity contribution in [3.63, 3.8) is 0 Å². The predicted molar refractivity (Wildman–Crippen MR) is 98.7 cm³/mol. The number of aromatic nitrogens is 4. The maximum Gasteiger partial charge on any atom is 0.165 e. The molecule has 4 rings (SSSR count). The zero-order chi connectivity index (χ0) is 17.2. The Morgan fingerprint density at radius 3 is 2.17 bits per heavy atom. The number of hydrogen-bond acceptors (Lipinski definition) is 2. The Labute approximate surface area is 141 Å². The number of nitrogens with one attached hydrogen (secondary N) is 1. The normalized spacial score (nSPS) is 11.8. The van der Waals surface area contributed by atoms with Crippen molar-refractivity contribution in [3.05, 3.63) is 52.0 Å². The van der Waals surface area contributed by atoms with Crippen LogP contribution in [0.1, 0.15) is 33.8 Å². The quantitative estimate of drug-likeness (QED) is 0.551.